The lowest BCUT2D eigenvalue weighted by Gasteiger charge is -2.25. The number of piperidine rings is 1. The van der Waals surface area contributed by atoms with Crippen LogP contribution in [-0.4, -0.2) is 12.6 Å². The average Bonchev–Trinajstić information content (AvgIpc) is 2.40. The van der Waals surface area contributed by atoms with Crippen LogP contribution in [0.15, 0.2) is 12.1 Å². The van der Waals surface area contributed by atoms with Crippen LogP contribution < -0.4 is 5.32 Å². The molecule has 18 heavy (non-hydrogen) atoms. The molecule has 0 spiro atoms. The van der Waals surface area contributed by atoms with Gasteiger partial charge in [0, 0.05) is 11.1 Å². The molecule has 2 aliphatic rings. The second-order valence-corrected chi connectivity index (χ2v) is 6.18. The van der Waals surface area contributed by atoms with Gasteiger partial charge in [0.05, 0.1) is 0 Å². The van der Waals surface area contributed by atoms with Gasteiger partial charge in [-0.2, -0.15) is 0 Å². The largest absolute Gasteiger partial charge is 0.314 e. The van der Waals surface area contributed by atoms with E-state index in [4.69, 9.17) is 11.6 Å². The van der Waals surface area contributed by atoms with Crippen molar-refractivity contribution in [3.05, 3.63) is 33.8 Å². The van der Waals surface area contributed by atoms with Crippen molar-refractivity contribution in [2.24, 2.45) is 0 Å². The molecule has 1 nitrogen and oxygen atoms in total. The summed E-state index contributed by atoms with van der Waals surface area (Å²) in [6.45, 7) is 1.18. The van der Waals surface area contributed by atoms with Gasteiger partial charge in [-0.05, 0) is 74.2 Å². The van der Waals surface area contributed by atoms with Gasteiger partial charge in [-0.15, -0.1) is 0 Å². The fourth-order valence-electron chi connectivity index (χ4n) is 3.38. The molecule has 2 heteroatoms. The highest BCUT2D eigenvalue weighted by Crippen LogP contribution is 2.30. The molecule has 0 radical (unpaired) electrons. The minimum atomic E-state index is 0.663. The number of fused-ring (bicyclic) bond motifs is 1. The van der Waals surface area contributed by atoms with Crippen molar-refractivity contribution < 1.29 is 0 Å². The van der Waals surface area contributed by atoms with Crippen LogP contribution in [-0.2, 0) is 19.3 Å². The summed E-state index contributed by atoms with van der Waals surface area (Å²) in [6.07, 6.45) is 10.2. The Morgan fingerprint density at radius 2 is 2.00 bits per heavy atom. The second-order valence-electron chi connectivity index (χ2n) is 5.77. The van der Waals surface area contributed by atoms with E-state index in [0.29, 0.717) is 6.04 Å². The van der Waals surface area contributed by atoms with E-state index >= 15 is 0 Å². The van der Waals surface area contributed by atoms with Crippen LogP contribution in [0.25, 0.3) is 0 Å². The minimum absolute atomic E-state index is 0.663. The third kappa shape index (κ3) is 2.73. The van der Waals surface area contributed by atoms with E-state index in [2.05, 4.69) is 17.4 Å². The Labute approximate surface area is 115 Å². The smallest absolute Gasteiger partial charge is 0.0443 e. The molecule has 0 aromatic heterocycles. The third-order valence-corrected chi connectivity index (χ3v) is 4.70. The summed E-state index contributed by atoms with van der Waals surface area (Å²) < 4.78 is 0. The summed E-state index contributed by atoms with van der Waals surface area (Å²) in [4.78, 5) is 0. The fraction of sp³-hybridized carbons (Fsp3) is 0.625. The second kappa shape index (κ2) is 5.63. The Morgan fingerprint density at radius 1 is 1.11 bits per heavy atom. The Balaban J connectivity index is 1.77. The van der Waals surface area contributed by atoms with Crippen molar-refractivity contribution in [1.82, 2.24) is 5.32 Å². The number of hydrogen-bond donors (Lipinski definition) is 1. The van der Waals surface area contributed by atoms with Crippen LogP contribution in [0.4, 0.5) is 0 Å². The summed E-state index contributed by atoms with van der Waals surface area (Å²) in [5, 5.41) is 4.64. The van der Waals surface area contributed by atoms with Crippen LogP contribution in [0.2, 0.25) is 5.02 Å². The predicted octanol–water partition coefficient (Wildman–Crippen LogP) is 3.90. The van der Waals surface area contributed by atoms with Crippen LogP contribution >= 0.6 is 11.6 Å². The van der Waals surface area contributed by atoms with E-state index in [1.54, 1.807) is 0 Å². The van der Waals surface area contributed by atoms with Crippen molar-refractivity contribution in [3.63, 3.8) is 0 Å². The molecule has 1 aromatic carbocycles. The molecule has 1 aromatic rings. The normalized spacial score (nSPS) is 23.7. The fourth-order valence-corrected chi connectivity index (χ4v) is 3.73. The van der Waals surface area contributed by atoms with Crippen molar-refractivity contribution in [3.8, 4) is 0 Å². The maximum absolute atomic E-state index is 6.44. The zero-order valence-electron chi connectivity index (χ0n) is 11.0. The van der Waals surface area contributed by atoms with E-state index in [9.17, 15) is 0 Å². The Morgan fingerprint density at radius 3 is 2.83 bits per heavy atom. The number of halogens is 1. The lowest BCUT2D eigenvalue weighted by molar-refractivity contribution is 0.399. The number of nitrogens with one attached hydrogen (secondary N) is 1. The Hall–Kier alpha value is -0.530. The van der Waals surface area contributed by atoms with Gasteiger partial charge in [-0.1, -0.05) is 24.1 Å². The van der Waals surface area contributed by atoms with Gasteiger partial charge in [0.25, 0.3) is 0 Å². The summed E-state index contributed by atoms with van der Waals surface area (Å²) >= 11 is 6.44. The van der Waals surface area contributed by atoms with E-state index in [0.717, 1.165) is 11.4 Å². The van der Waals surface area contributed by atoms with E-state index < -0.39 is 0 Å². The molecule has 1 heterocycles. The van der Waals surface area contributed by atoms with E-state index in [-0.39, 0.29) is 0 Å². The first kappa shape index (κ1) is 12.5. The van der Waals surface area contributed by atoms with E-state index in [1.807, 2.05) is 0 Å². The quantitative estimate of drug-likeness (QED) is 0.853. The van der Waals surface area contributed by atoms with Crippen molar-refractivity contribution in [2.45, 2.75) is 57.4 Å². The molecule has 1 atom stereocenters. The Bertz CT molecular complexity index is 421. The van der Waals surface area contributed by atoms with Gasteiger partial charge in [0.1, 0.15) is 0 Å². The van der Waals surface area contributed by atoms with Crippen LogP contribution in [0, 0.1) is 0 Å². The maximum Gasteiger partial charge on any atom is 0.0443 e. The number of aryl methyl sites for hydroxylation is 1. The molecule has 3 rings (SSSR count). The topological polar surface area (TPSA) is 12.0 Å². The molecule has 0 saturated carbocycles. The van der Waals surface area contributed by atoms with Crippen LogP contribution in [0.1, 0.15) is 48.8 Å². The summed E-state index contributed by atoms with van der Waals surface area (Å²) in [5.41, 5.74) is 4.36. The molecule has 1 saturated heterocycles. The molecule has 1 unspecified atom stereocenters. The first-order valence-corrected chi connectivity index (χ1v) is 7.74. The standard InChI is InChI=1S/C16H22ClN/c17-16-11-12(10-14-6-3-4-8-18-14)9-13-5-1-2-7-15(13)16/h9,11,14,18H,1-8,10H2. The molecular weight excluding hydrogens is 242 g/mol. The summed E-state index contributed by atoms with van der Waals surface area (Å²) in [5.74, 6) is 0. The van der Waals surface area contributed by atoms with Gasteiger partial charge < -0.3 is 5.32 Å². The van der Waals surface area contributed by atoms with Crippen LogP contribution in [0.5, 0.6) is 0 Å². The molecule has 98 valence electrons. The summed E-state index contributed by atoms with van der Waals surface area (Å²) in [6, 6.07) is 5.29. The molecule has 1 aliphatic heterocycles. The number of hydrogen-bond acceptors (Lipinski definition) is 1. The lowest BCUT2D eigenvalue weighted by Crippen LogP contribution is -2.35. The molecule has 0 bridgehead atoms. The molecule has 1 aliphatic carbocycles. The predicted molar refractivity (Wildman–Crippen MR) is 77.4 cm³/mol. The monoisotopic (exact) mass is 263 g/mol. The number of benzene rings is 1. The van der Waals surface area contributed by atoms with Gasteiger partial charge in [0.2, 0.25) is 0 Å². The van der Waals surface area contributed by atoms with Crippen LogP contribution in [0.3, 0.4) is 0 Å². The Kier molecular flexibility index (Phi) is 3.91. The van der Waals surface area contributed by atoms with Gasteiger partial charge in [0.15, 0.2) is 0 Å². The van der Waals surface area contributed by atoms with E-state index in [1.165, 1.54) is 68.2 Å². The highest BCUT2D eigenvalue weighted by Gasteiger charge is 2.17. The highest BCUT2D eigenvalue weighted by atomic mass is 35.5. The SMILES string of the molecule is Clc1cc(CC2CCCCN2)cc2c1CCCC2. The molecule has 1 fully saturated rings. The van der Waals surface area contributed by atoms with Crippen molar-refractivity contribution in [1.29, 1.82) is 0 Å². The first-order valence-electron chi connectivity index (χ1n) is 7.36. The summed E-state index contributed by atoms with van der Waals surface area (Å²) in [7, 11) is 0. The lowest BCUT2D eigenvalue weighted by atomic mass is 9.88. The van der Waals surface area contributed by atoms with Gasteiger partial charge >= 0.3 is 0 Å². The van der Waals surface area contributed by atoms with Crippen molar-refractivity contribution in [2.75, 3.05) is 6.54 Å². The minimum Gasteiger partial charge on any atom is -0.314 e. The van der Waals surface area contributed by atoms with Gasteiger partial charge in [-0.3, -0.25) is 0 Å². The maximum atomic E-state index is 6.44. The average molecular weight is 264 g/mol. The number of rotatable bonds is 2. The third-order valence-electron chi connectivity index (χ3n) is 4.37. The zero-order valence-corrected chi connectivity index (χ0v) is 11.7. The molecule has 0 amide bonds. The molecular formula is C16H22ClN. The zero-order chi connectivity index (χ0) is 12.4. The van der Waals surface area contributed by atoms with Gasteiger partial charge in [-0.25, -0.2) is 0 Å². The highest BCUT2D eigenvalue weighted by molar-refractivity contribution is 6.31. The molecule has 1 N–H and O–H groups in total. The first-order chi connectivity index (χ1) is 8.83. The van der Waals surface area contributed by atoms with Crippen molar-refractivity contribution >= 4 is 11.6 Å².